The average molecular weight is 219 g/mol. The van der Waals surface area contributed by atoms with Crippen LogP contribution in [0.2, 0.25) is 0 Å². The summed E-state index contributed by atoms with van der Waals surface area (Å²) in [5.41, 5.74) is 1.63. The fraction of sp³-hybridized carbons (Fsp3) is 0.273. The minimum atomic E-state index is -0.251. The fourth-order valence-electron chi connectivity index (χ4n) is 1.58. The summed E-state index contributed by atoms with van der Waals surface area (Å²) in [5, 5.41) is 14.8. The zero-order valence-corrected chi connectivity index (χ0v) is 8.76. The topological polar surface area (TPSA) is 70.9 Å². The van der Waals surface area contributed by atoms with Crippen LogP contribution in [0.15, 0.2) is 35.4 Å². The van der Waals surface area contributed by atoms with E-state index in [9.17, 15) is 4.79 Å². The molecule has 16 heavy (non-hydrogen) atoms. The van der Waals surface area contributed by atoms with E-state index in [4.69, 9.17) is 5.11 Å². The maximum absolute atomic E-state index is 11.3. The molecule has 0 aliphatic rings. The first kappa shape index (κ1) is 10.6. The number of aryl methyl sites for hydroxylation is 1. The average Bonchev–Trinajstić information content (AvgIpc) is 2.73. The van der Waals surface area contributed by atoms with E-state index in [1.54, 1.807) is 0 Å². The van der Waals surface area contributed by atoms with Gasteiger partial charge < -0.3 is 5.11 Å². The van der Waals surface area contributed by atoms with Gasteiger partial charge in [-0.2, -0.15) is 5.10 Å². The van der Waals surface area contributed by atoms with Crippen LogP contribution in [-0.4, -0.2) is 26.5 Å². The minimum Gasteiger partial charge on any atom is -0.396 e. The van der Waals surface area contributed by atoms with Crippen molar-refractivity contribution >= 4 is 0 Å². The first-order valence-electron chi connectivity index (χ1n) is 5.13. The number of aliphatic hydroxyl groups is 1. The molecule has 0 unspecified atom stereocenters. The second-order valence-electron chi connectivity index (χ2n) is 3.53. The van der Waals surface area contributed by atoms with Crippen LogP contribution in [0.5, 0.6) is 0 Å². The summed E-state index contributed by atoms with van der Waals surface area (Å²) in [4.78, 5) is 11.3. The molecule has 5 heteroatoms. The van der Waals surface area contributed by atoms with E-state index in [-0.39, 0.29) is 12.3 Å². The SMILES string of the molecule is O=c1[nH]ncn1-c1cccc(CCCO)c1. The zero-order chi connectivity index (χ0) is 11.4. The van der Waals surface area contributed by atoms with Crippen molar-refractivity contribution in [1.29, 1.82) is 0 Å². The summed E-state index contributed by atoms with van der Waals surface area (Å²) < 4.78 is 1.45. The first-order chi connectivity index (χ1) is 7.81. The third-order valence-corrected chi connectivity index (χ3v) is 2.36. The van der Waals surface area contributed by atoms with Gasteiger partial charge in [0.1, 0.15) is 6.33 Å². The Labute approximate surface area is 92.4 Å². The number of hydrogen-bond donors (Lipinski definition) is 2. The van der Waals surface area contributed by atoms with E-state index in [1.165, 1.54) is 10.9 Å². The van der Waals surface area contributed by atoms with Gasteiger partial charge in [0.2, 0.25) is 0 Å². The molecule has 0 bridgehead atoms. The van der Waals surface area contributed by atoms with E-state index in [2.05, 4.69) is 10.2 Å². The number of rotatable bonds is 4. The molecule has 0 saturated heterocycles. The third-order valence-electron chi connectivity index (χ3n) is 2.36. The highest BCUT2D eigenvalue weighted by Crippen LogP contribution is 2.09. The van der Waals surface area contributed by atoms with Crippen LogP contribution in [0.25, 0.3) is 5.69 Å². The quantitative estimate of drug-likeness (QED) is 0.786. The molecule has 2 N–H and O–H groups in total. The summed E-state index contributed by atoms with van der Waals surface area (Å²) in [6.45, 7) is 0.176. The summed E-state index contributed by atoms with van der Waals surface area (Å²) in [6.07, 6.45) is 2.98. The molecule has 1 heterocycles. The Morgan fingerprint density at radius 2 is 2.31 bits per heavy atom. The zero-order valence-electron chi connectivity index (χ0n) is 8.76. The Bertz CT molecular complexity index is 516. The summed E-state index contributed by atoms with van der Waals surface area (Å²) in [7, 11) is 0. The largest absolute Gasteiger partial charge is 0.396 e. The van der Waals surface area contributed by atoms with Crippen LogP contribution < -0.4 is 5.69 Å². The highest BCUT2D eigenvalue weighted by atomic mass is 16.2. The van der Waals surface area contributed by atoms with Crippen LogP contribution in [0.1, 0.15) is 12.0 Å². The Kier molecular flexibility index (Phi) is 3.16. The number of nitrogens with zero attached hydrogens (tertiary/aromatic N) is 2. The van der Waals surface area contributed by atoms with Crippen molar-refractivity contribution < 1.29 is 5.11 Å². The molecule has 0 fully saturated rings. The number of aliphatic hydroxyl groups excluding tert-OH is 1. The third kappa shape index (κ3) is 2.20. The predicted octanol–water partition coefficient (Wildman–Crippen LogP) is 0.485. The Morgan fingerprint density at radius 1 is 1.44 bits per heavy atom. The lowest BCUT2D eigenvalue weighted by Gasteiger charge is -2.03. The second kappa shape index (κ2) is 4.76. The van der Waals surface area contributed by atoms with Gasteiger partial charge in [-0.1, -0.05) is 12.1 Å². The highest BCUT2D eigenvalue weighted by Gasteiger charge is 2.01. The molecule has 2 rings (SSSR count). The lowest BCUT2D eigenvalue weighted by Crippen LogP contribution is -2.14. The molecule has 0 saturated carbocycles. The van der Waals surface area contributed by atoms with Gasteiger partial charge >= 0.3 is 5.69 Å². The number of H-pyrrole nitrogens is 1. The van der Waals surface area contributed by atoms with E-state index in [1.807, 2.05) is 24.3 Å². The van der Waals surface area contributed by atoms with Gasteiger partial charge in [-0.15, -0.1) is 0 Å². The van der Waals surface area contributed by atoms with Crippen molar-refractivity contribution in [3.05, 3.63) is 46.6 Å². The first-order valence-corrected chi connectivity index (χ1v) is 5.13. The molecule has 84 valence electrons. The molecule has 5 nitrogen and oxygen atoms in total. The molecule has 0 spiro atoms. The van der Waals surface area contributed by atoms with E-state index in [0.29, 0.717) is 0 Å². The van der Waals surface area contributed by atoms with Gasteiger partial charge in [-0.3, -0.25) is 0 Å². The summed E-state index contributed by atoms with van der Waals surface area (Å²) in [5.74, 6) is 0. The maximum atomic E-state index is 11.3. The smallest absolute Gasteiger partial charge is 0.347 e. The van der Waals surface area contributed by atoms with Crippen LogP contribution in [0.3, 0.4) is 0 Å². The number of benzene rings is 1. The molecular formula is C11H13N3O2. The van der Waals surface area contributed by atoms with Gasteiger partial charge in [0.05, 0.1) is 5.69 Å². The van der Waals surface area contributed by atoms with Gasteiger partial charge in [0, 0.05) is 6.61 Å². The summed E-state index contributed by atoms with van der Waals surface area (Å²) >= 11 is 0. The van der Waals surface area contributed by atoms with E-state index < -0.39 is 0 Å². The minimum absolute atomic E-state index is 0.176. The van der Waals surface area contributed by atoms with Crippen molar-refractivity contribution in [2.45, 2.75) is 12.8 Å². The summed E-state index contributed by atoms with van der Waals surface area (Å²) in [6, 6.07) is 7.64. The Hall–Kier alpha value is -1.88. The molecule has 0 aliphatic carbocycles. The maximum Gasteiger partial charge on any atom is 0.347 e. The lowest BCUT2D eigenvalue weighted by molar-refractivity contribution is 0.288. The van der Waals surface area contributed by atoms with Crippen molar-refractivity contribution in [3.8, 4) is 5.69 Å². The van der Waals surface area contributed by atoms with Gasteiger partial charge in [-0.25, -0.2) is 14.5 Å². The molecule has 0 aliphatic heterocycles. The standard InChI is InChI=1S/C11H13N3O2/c15-6-2-4-9-3-1-5-10(7-9)14-8-12-13-11(14)16/h1,3,5,7-8,15H,2,4,6H2,(H,13,16). The fourth-order valence-corrected chi connectivity index (χ4v) is 1.58. The second-order valence-corrected chi connectivity index (χ2v) is 3.53. The number of aromatic amines is 1. The van der Waals surface area contributed by atoms with Crippen LogP contribution >= 0.6 is 0 Å². The van der Waals surface area contributed by atoms with Crippen molar-refractivity contribution in [3.63, 3.8) is 0 Å². The lowest BCUT2D eigenvalue weighted by atomic mass is 10.1. The van der Waals surface area contributed by atoms with E-state index in [0.717, 1.165) is 24.1 Å². The number of aromatic nitrogens is 3. The Balaban J connectivity index is 2.29. The van der Waals surface area contributed by atoms with Crippen molar-refractivity contribution in [2.24, 2.45) is 0 Å². The predicted molar refractivity (Wildman–Crippen MR) is 59.6 cm³/mol. The molecule has 0 radical (unpaired) electrons. The van der Waals surface area contributed by atoms with Gasteiger partial charge in [0.25, 0.3) is 0 Å². The van der Waals surface area contributed by atoms with Crippen molar-refractivity contribution in [1.82, 2.24) is 14.8 Å². The normalized spacial score (nSPS) is 10.6. The highest BCUT2D eigenvalue weighted by molar-refractivity contribution is 5.35. The Morgan fingerprint density at radius 3 is 3.00 bits per heavy atom. The van der Waals surface area contributed by atoms with Gasteiger partial charge in [-0.05, 0) is 30.5 Å². The van der Waals surface area contributed by atoms with Gasteiger partial charge in [0.15, 0.2) is 0 Å². The molecule has 0 amide bonds. The number of hydrogen-bond acceptors (Lipinski definition) is 3. The van der Waals surface area contributed by atoms with Crippen LogP contribution in [0.4, 0.5) is 0 Å². The number of nitrogens with one attached hydrogen (secondary N) is 1. The van der Waals surface area contributed by atoms with E-state index >= 15 is 0 Å². The van der Waals surface area contributed by atoms with Crippen LogP contribution in [0, 0.1) is 0 Å². The van der Waals surface area contributed by atoms with Crippen LogP contribution in [-0.2, 0) is 6.42 Å². The monoisotopic (exact) mass is 219 g/mol. The molecule has 1 aromatic carbocycles. The molecule has 1 aromatic heterocycles. The van der Waals surface area contributed by atoms with Crippen molar-refractivity contribution in [2.75, 3.05) is 6.61 Å². The molecule has 0 atom stereocenters. The molecule has 2 aromatic rings. The molecular weight excluding hydrogens is 206 g/mol.